The third kappa shape index (κ3) is 4.91. The summed E-state index contributed by atoms with van der Waals surface area (Å²) < 4.78 is 37.3. The zero-order valence-electron chi connectivity index (χ0n) is 22.9. The van der Waals surface area contributed by atoms with Gasteiger partial charge in [-0.15, -0.1) is 10.2 Å². The fourth-order valence-corrected chi connectivity index (χ4v) is 5.48. The summed E-state index contributed by atoms with van der Waals surface area (Å²) in [6.45, 7) is 2.40. The molecule has 2 aliphatic carbocycles. The first-order valence-corrected chi connectivity index (χ1v) is 14.0. The molecule has 5 aromatic rings. The maximum atomic E-state index is 15.3. The Morgan fingerprint density at radius 2 is 1.93 bits per heavy atom. The molecule has 10 heteroatoms. The fourth-order valence-electron chi connectivity index (χ4n) is 5.48. The number of pyridine rings is 1. The van der Waals surface area contributed by atoms with Crippen molar-refractivity contribution in [2.75, 3.05) is 6.54 Å². The Morgan fingerprint density at radius 1 is 1.10 bits per heavy atom. The monoisotopic (exact) mass is 556 g/mol. The number of oxazole rings is 1. The van der Waals surface area contributed by atoms with E-state index in [1.54, 1.807) is 17.0 Å². The van der Waals surface area contributed by atoms with E-state index in [2.05, 4.69) is 20.5 Å². The molecule has 0 spiro atoms. The number of aryl methyl sites for hydroxylation is 1. The van der Waals surface area contributed by atoms with Gasteiger partial charge in [-0.05, 0) is 92.1 Å². The van der Waals surface area contributed by atoms with Crippen molar-refractivity contribution in [1.29, 1.82) is 0 Å². The van der Waals surface area contributed by atoms with Crippen LogP contribution in [0.2, 0.25) is 0 Å². The SMILES string of the molecule is CC(NCC1(O)CCC1)c1cc(F)c2oc(-c3cc(-c4ccc(F)cc4-c4nncn4C)cc(C4CC4)n3)nc2c1. The summed E-state index contributed by atoms with van der Waals surface area (Å²) in [6, 6.07) is 11.5. The summed E-state index contributed by atoms with van der Waals surface area (Å²) in [6.07, 6.45) is 6.21. The minimum Gasteiger partial charge on any atom is -0.432 e. The van der Waals surface area contributed by atoms with Crippen LogP contribution >= 0.6 is 0 Å². The number of aliphatic hydroxyl groups is 1. The van der Waals surface area contributed by atoms with Gasteiger partial charge in [0.2, 0.25) is 5.89 Å². The van der Waals surface area contributed by atoms with Crippen molar-refractivity contribution in [2.24, 2.45) is 7.05 Å². The molecule has 2 N–H and O–H groups in total. The number of hydrogen-bond acceptors (Lipinski definition) is 7. The summed E-state index contributed by atoms with van der Waals surface area (Å²) in [7, 11) is 1.81. The Balaban J connectivity index is 1.28. The van der Waals surface area contributed by atoms with E-state index in [9.17, 15) is 9.50 Å². The standard InChI is InChI=1S/C31H30F2N6O2/c1-17(34-15-31(40)8-3-9-31)19-10-24(33)28-26(11-19)37-30(41-28)27-13-20(12-25(36-27)18-4-5-18)22-7-6-21(32)14-23(22)29-38-35-16-39(29)2/h6-7,10-14,16-18,34,40H,3-5,8-9,15H2,1-2H3. The van der Waals surface area contributed by atoms with Gasteiger partial charge in [-0.2, -0.15) is 0 Å². The number of nitrogens with zero attached hydrogens (tertiary/aromatic N) is 5. The van der Waals surface area contributed by atoms with Gasteiger partial charge < -0.3 is 19.4 Å². The zero-order chi connectivity index (χ0) is 28.3. The quantitative estimate of drug-likeness (QED) is 0.239. The molecule has 2 fully saturated rings. The first-order valence-electron chi connectivity index (χ1n) is 14.0. The molecule has 8 nitrogen and oxygen atoms in total. The van der Waals surface area contributed by atoms with Crippen molar-refractivity contribution in [3.05, 3.63) is 71.7 Å². The summed E-state index contributed by atoms with van der Waals surface area (Å²) in [5, 5.41) is 21.9. The van der Waals surface area contributed by atoms with Gasteiger partial charge in [0.05, 0.1) is 5.60 Å². The second-order valence-electron chi connectivity index (χ2n) is 11.4. The second kappa shape index (κ2) is 9.81. The molecule has 1 unspecified atom stereocenters. The van der Waals surface area contributed by atoms with Crippen molar-refractivity contribution in [3.63, 3.8) is 0 Å². The van der Waals surface area contributed by atoms with Crippen LogP contribution in [0.3, 0.4) is 0 Å². The van der Waals surface area contributed by atoms with E-state index in [0.29, 0.717) is 35.1 Å². The van der Waals surface area contributed by atoms with Crippen LogP contribution in [0, 0.1) is 11.6 Å². The molecule has 2 aliphatic rings. The van der Waals surface area contributed by atoms with Gasteiger partial charge >= 0.3 is 0 Å². The molecule has 0 bridgehead atoms. The minimum absolute atomic E-state index is 0.0651. The molecule has 0 aliphatic heterocycles. The zero-order valence-corrected chi connectivity index (χ0v) is 22.9. The summed E-state index contributed by atoms with van der Waals surface area (Å²) >= 11 is 0. The van der Waals surface area contributed by atoms with E-state index < -0.39 is 11.4 Å². The highest BCUT2D eigenvalue weighted by atomic mass is 19.1. The highest BCUT2D eigenvalue weighted by Gasteiger charge is 2.34. The molecule has 1 atom stereocenters. The molecule has 2 aromatic carbocycles. The van der Waals surface area contributed by atoms with E-state index in [-0.39, 0.29) is 23.3 Å². The van der Waals surface area contributed by atoms with Crippen LogP contribution in [0.15, 0.2) is 53.2 Å². The van der Waals surface area contributed by atoms with Gasteiger partial charge in [0.15, 0.2) is 17.2 Å². The van der Waals surface area contributed by atoms with Crippen LogP contribution in [0.1, 0.15) is 62.2 Å². The third-order valence-electron chi connectivity index (χ3n) is 8.29. The smallest absolute Gasteiger partial charge is 0.246 e. The lowest BCUT2D eigenvalue weighted by molar-refractivity contribution is -0.0329. The predicted molar refractivity (Wildman–Crippen MR) is 150 cm³/mol. The molecule has 3 aromatic heterocycles. The van der Waals surface area contributed by atoms with Gasteiger partial charge in [0.25, 0.3) is 0 Å². The maximum Gasteiger partial charge on any atom is 0.246 e. The van der Waals surface area contributed by atoms with E-state index >= 15 is 4.39 Å². The number of halogens is 2. The van der Waals surface area contributed by atoms with Gasteiger partial charge in [-0.25, -0.2) is 18.7 Å². The Bertz CT molecular complexity index is 1770. The Kier molecular flexibility index (Phi) is 6.20. The van der Waals surface area contributed by atoms with Crippen LogP contribution in [0.25, 0.3) is 45.2 Å². The van der Waals surface area contributed by atoms with E-state index in [4.69, 9.17) is 9.40 Å². The average Bonchev–Trinajstić information content (AvgIpc) is 3.56. The van der Waals surface area contributed by atoms with Crippen LogP contribution in [0.4, 0.5) is 8.78 Å². The minimum atomic E-state index is -0.675. The number of nitrogens with one attached hydrogen (secondary N) is 1. The van der Waals surface area contributed by atoms with Crippen LogP contribution in [0.5, 0.6) is 0 Å². The van der Waals surface area contributed by atoms with Gasteiger partial charge in [-0.1, -0.05) is 6.07 Å². The predicted octanol–water partition coefficient (Wildman–Crippen LogP) is 6.07. The second-order valence-corrected chi connectivity index (χ2v) is 11.4. The lowest BCUT2D eigenvalue weighted by Crippen LogP contribution is -2.46. The van der Waals surface area contributed by atoms with Crippen LogP contribution in [-0.2, 0) is 7.05 Å². The number of aromatic nitrogens is 5. The lowest BCUT2D eigenvalue weighted by atomic mass is 9.80. The summed E-state index contributed by atoms with van der Waals surface area (Å²) in [5.74, 6) is 0.187. The molecule has 3 heterocycles. The Labute approximate surface area is 235 Å². The van der Waals surface area contributed by atoms with E-state index in [1.807, 2.05) is 32.2 Å². The lowest BCUT2D eigenvalue weighted by Gasteiger charge is -2.37. The van der Waals surface area contributed by atoms with E-state index in [1.165, 1.54) is 18.2 Å². The van der Waals surface area contributed by atoms with Gasteiger partial charge in [0.1, 0.15) is 23.4 Å². The number of rotatable bonds is 8. The van der Waals surface area contributed by atoms with Crippen LogP contribution < -0.4 is 5.32 Å². The van der Waals surface area contributed by atoms with Crippen LogP contribution in [-0.4, -0.2) is 42.0 Å². The molecule has 2 saturated carbocycles. The summed E-state index contributed by atoms with van der Waals surface area (Å²) in [4.78, 5) is 9.49. The van der Waals surface area contributed by atoms with Crippen molar-refractivity contribution < 1.29 is 18.3 Å². The fraction of sp³-hybridized carbons (Fsp3) is 0.355. The van der Waals surface area contributed by atoms with Crippen molar-refractivity contribution >= 4 is 11.1 Å². The third-order valence-corrected chi connectivity index (χ3v) is 8.29. The Hall–Kier alpha value is -4.02. The first-order chi connectivity index (χ1) is 19.8. The van der Waals surface area contributed by atoms with Gasteiger partial charge in [0, 0.05) is 36.8 Å². The number of benzene rings is 2. The molecule has 41 heavy (non-hydrogen) atoms. The molecule has 0 amide bonds. The average molecular weight is 557 g/mol. The number of fused-ring (bicyclic) bond motifs is 1. The number of hydrogen-bond donors (Lipinski definition) is 2. The Morgan fingerprint density at radius 3 is 2.63 bits per heavy atom. The van der Waals surface area contributed by atoms with E-state index in [0.717, 1.165) is 54.5 Å². The highest BCUT2D eigenvalue weighted by Crippen LogP contribution is 2.43. The highest BCUT2D eigenvalue weighted by molar-refractivity contribution is 5.83. The maximum absolute atomic E-state index is 15.3. The first kappa shape index (κ1) is 25.9. The summed E-state index contributed by atoms with van der Waals surface area (Å²) in [5.41, 5.74) is 4.06. The molecular weight excluding hydrogens is 526 g/mol. The molecule has 0 radical (unpaired) electrons. The molecule has 0 saturated heterocycles. The topological polar surface area (TPSA) is 102 Å². The molecular formula is C31H30F2N6O2. The largest absolute Gasteiger partial charge is 0.432 e. The molecule has 210 valence electrons. The van der Waals surface area contributed by atoms with Crippen molar-refractivity contribution in [3.8, 4) is 34.1 Å². The normalized spacial score (nSPS) is 17.1. The van der Waals surface area contributed by atoms with Crippen molar-refractivity contribution in [2.45, 2.75) is 56.6 Å². The van der Waals surface area contributed by atoms with Crippen molar-refractivity contribution in [1.82, 2.24) is 30.0 Å². The van der Waals surface area contributed by atoms with Gasteiger partial charge in [-0.3, -0.25) is 0 Å². The molecule has 7 rings (SSSR count).